The molecule has 1 aliphatic heterocycles. The Labute approximate surface area is 115 Å². The predicted octanol–water partition coefficient (Wildman–Crippen LogP) is 2.58. The summed E-state index contributed by atoms with van der Waals surface area (Å²) in [6.07, 6.45) is -0.360. The molecule has 2 aromatic carbocycles. The summed E-state index contributed by atoms with van der Waals surface area (Å²) >= 11 is 0. The number of ether oxygens (including phenoxy) is 2. The van der Waals surface area contributed by atoms with Gasteiger partial charge >= 0.3 is 12.1 Å². The van der Waals surface area contributed by atoms with Crippen LogP contribution < -0.4 is 4.90 Å². The number of amides is 1. The Kier molecular flexibility index (Phi) is 3.02. The van der Waals surface area contributed by atoms with Gasteiger partial charge in [-0.05, 0) is 17.5 Å². The highest BCUT2D eigenvalue weighted by Gasteiger charge is 2.26. The second-order valence-corrected chi connectivity index (χ2v) is 4.44. The van der Waals surface area contributed by atoms with Gasteiger partial charge in [0.25, 0.3) is 0 Å². The number of carbonyl (C=O) groups is 2. The Balaban J connectivity index is 2.21. The minimum absolute atomic E-state index is 0.360. The number of hydrogen-bond donors (Lipinski definition) is 0. The first-order chi connectivity index (χ1) is 9.72. The normalized spacial score (nSPS) is 14.4. The summed E-state index contributed by atoms with van der Waals surface area (Å²) in [5, 5.41) is 1.59. The van der Waals surface area contributed by atoms with Crippen molar-refractivity contribution in [2.24, 2.45) is 0 Å². The molecule has 1 heterocycles. The van der Waals surface area contributed by atoms with Gasteiger partial charge < -0.3 is 9.47 Å². The Hall–Kier alpha value is -2.56. The molecule has 0 aliphatic carbocycles. The van der Waals surface area contributed by atoms with Gasteiger partial charge in [0.1, 0.15) is 6.61 Å². The molecule has 0 aromatic heterocycles. The fraction of sp³-hybridized carbons (Fsp3) is 0.200. The largest absolute Gasteiger partial charge is 0.465 e. The van der Waals surface area contributed by atoms with Crippen LogP contribution in [-0.4, -0.2) is 32.3 Å². The highest BCUT2D eigenvalue weighted by atomic mass is 16.6. The van der Waals surface area contributed by atoms with Gasteiger partial charge in [-0.25, -0.2) is 9.59 Å². The monoisotopic (exact) mass is 271 g/mol. The third-order valence-electron chi connectivity index (χ3n) is 3.36. The van der Waals surface area contributed by atoms with E-state index in [0.717, 1.165) is 16.5 Å². The lowest BCUT2D eigenvalue weighted by atomic mass is 10.0. The number of anilines is 1. The van der Waals surface area contributed by atoms with E-state index >= 15 is 0 Å². The van der Waals surface area contributed by atoms with Crippen LogP contribution in [0.1, 0.15) is 10.4 Å². The Morgan fingerprint density at radius 2 is 1.95 bits per heavy atom. The number of hydrogen-bond acceptors (Lipinski definition) is 4. The molecule has 0 bridgehead atoms. The van der Waals surface area contributed by atoms with Gasteiger partial charge in [0.2, 0.25) is 0 Å². The molecule has 0 N–H and O–H groups in total. The van der Waals surface area contributed by atoms with Gasteiger partial charge in [-0.1, -0.05) is 24.3 Å². The molecule has 102 valence electrons. The van der Waals surface area contributed by atoms with Crippen molar-refractivity contribution in [3.8, 4) is 0 Å². The number of esters is 1. The minimum Gasteiger partial charge on any atom is -0.465 e. The Morgan fingerprint density at radius 3 is 2.60 bits per heavy atom. The third-order valence-corrected chi connectivity index (χ3v) is 3.36. The van der Waals surface area contributed by atoms with Crippen LogP contribution in [0.5, 0.6) is 0 Å². The molecule has 1 fully saturated rings. The lowest BCUT2D eigenvalue weighted by molar-refractivity contribution is 0.0603. The number of cyclic esters (lactones) is 1. The topological polar surface area (TPSA) is 55.8 Å². The molecule has 0 spiro atoms. The summed E-state index contributed by atoms with van der Waals surface area (Å²) < 4.78 is 9.75. The van der Waals surface area contributed by atoms with Gasteiger partial charge in [0.05, 0.1) is 24.9 Å². The van der Waals surface area contributed by atoms with Crippen LogP contribution in [0.25, 0.3) is 10.8 Å². The molecule has 0 unspecified atom stereocenters. The smallest absolute Gasteiger partial charge is 0.414 e. The second kappa shape index (κ2) is 4.85. The average Bonchev–Trinajstić information content (AvgIpc) is 2.91. The molecule has 0 radical (unpaired) electrons. The van der Waals surface area contributed by atoms with Crippen LogP contribution >= 0.6 is 0 Å². The van der Waals surface area contributed by atoms with Crippen molar-refractivity contribution in [3.05, 3.63) is 42.0 Å². The molecule has 1 aliphatic rings. The van der Waals surface area contributed by atoms with Gasteiger partial charge in [-0.2, -0.15) is 0 Å². The molecule has 0 atom stereocenters. The van der Waals surface area contributed by atoms with Crippen LogP contribution in [-0.2, 0) is 9.47 Å². The fourth-order valence-corrected chi connectivity index (χ4v) is 2.42. The maximum Gasteiger partial charge on any atom is 0.414 e. The highest BCUT2D eigenvalue weighted by Crippen LogP contribution is 2.31. The van der Waals surface area contributed by atoms with Crippen LogP contribution in [0.3, 0.4) is 0 Å². The lowest BCUT2D eigenvalue weighted by Crippen LogP contribution is -2.23. The summed E-state index contributed by atoms with van der Waals surface area (Å²) in [5.41, 5.74) is 1.23. The predicted molar refractivity (Wildman–Crippen MR) is 74.0 cm³/mol. The first-order valence-electron chi connectivity index (χ1n) is 6.26. The maximum atomic E-state index is 11.8. The van der Waals surface area contributed by atoms with E-state index in [1.54, 1.807) is 17.0 Å². The van der Waals surface area contributed by atoms with Crippen molar-refractivity contribution in [2.45, 2.75) is 0 Å². The summed E-state index contributed by atoms with van der Waals surface area (Å²) in [4.78, 5) is 25.1. The van der Waals surface area contributed by atoms with E-state index in [1.165, 1.54) is 7.11 Å². The summed E-state index contributed by atoms with van der Waals surface area (Å²) in [6.45, 7) is 0.895. The van der Waals surface area contributed by atoms with E-state index in [9.17, 15) is 9.59 Å². The van der Waals surface area contributed by atoms with E-state index in [4.69, 9.17) is 9.47 Å². The molecule has 0 saturated carbocycles. The van der Waals surface area contributed by atoms with Crippen molar-refractivity contribution in [3.63, 3.8) is 0 Å². The van der Waals surface area contributed by atoms with Gasteiger partial charge in [-0.3, -0.25) is 4.90 Å². The molecule has 20 heavy (non-hydrogen) atoms. The van der Waals surface area contributed by atoms with Crippen LogP contribution in [0.4, 0.5) is 10.5 Å². The zero-order chi connectivity index (χ0) is 14.1. The summed E-state index contributed by atoms with van der Waals surface area (Å²) in [6, 6.07) is 10.9. The quantitative estimate of drug-likeness (QED) is 0.788. The molecule has 5 nitrogen and oxygen atoms in total. The lowest BCUT2D eigenvalue weighted by Gasteiger charge is -2.16. The van der Waals surface area contributed by atoms with Crippen molar-refractivity contribution >= 4 is 28.5 Å². The number of nitrogens with zero attached hydrogens (tertiary/aromatic N) is 1. The SMILES string of the molecule is COC(=O)c1ccc(N2CCOC2=O)c2ccccc12. The van der Waals surface area contributed by atoms with Gasteiger partial charge in [0, 0.05) is 5.39 Å². The standard InChI is InChI=1S/C15H13NO4/c1-19-14(17)12-6-7-13(16-8-9-20-15(16)18)11-5-3-2-4-10(11)12/h2-7H,8-9H2,1H3. The average molecular weight is 271 g/mol. The van der Waals surface area contributed by atoms with E-state index in [-0.39, 0.29) is 6.09 Å². The van der Waals surface area contributed by atoms with E-state index in [1.807, 2.05) is 24.3 Å². The zero-order valence-electron chi connectivity index (χ0n) is 11.0. The molecule has 2 aromatic rings. The second-order valence-electron chi connectivity index (χ2n) is 4.44. The van der Waals surface area contributed by atoms with E-state index < -0.39 is 5.97 Å². The molecular formula is C15H13NO4. The highest BCUT2D eigenvalue weighted by molar-refractivity contribution is 6.10. The van der Waals surface area contributed by atoms with Gasteiger partial charge in [0.15, 0.2) is 0 Å². The van der Waals surface area contributed by atoms with Crippen LogP contribution in [0.2, 0.25) is 0 Å². The number of methoxy groups -OCH3 is 1. The van der Waals surface area contributed by atoms with Crippen molar-refractivity contribution < 1.29 is 19.1 Å². The maximum absolute atomic E-state index is 11.8. The first kappa shape index (κ1) is 12.5. The van der Waals surface area contributed by atoms with Gasteiger partial charge in [-0.15, -0.1) is 0 Å². The van der Waals surface area contributed by atoms with Crippen molar-refractivity contribution in [1.29, 1.82) is 0 Å². The van der Waals surface area contributed by atoms with E-state index in [0.29, 0.717) is 18.7 Å². The van der Waals surface area contributed by atoms with Crippen LogP contribution in [0, 0.1) is 0 Å². The Bertz CT molecular complexity index is 695. The van der Waals surface area contributed by atoms with Crippen molar-refractivity contribution in [1.82, 2.24) is 0 Å². The number of benzene rings is 2. The molecule has 3 rings (SSSR count). The molecule has 1 saturated heterocycles. The number of fused-ring (bicyclic) bond motifs is 1. The first-order valence-corrected chi connectivity index (χ1v) is 6.26. The fourth-order valence-electron chi connectivity index (χ4n) is 2.42. The summed E-state index contributed by atoms with van der Waals surface area (Å²) in [5.74, 6) is -0.392. The molecular weight excluding hydrogens is 258 g/mol. The summed E-state index contributed by atoms with van der Waals surface area (Å²) in [7, 11) is 1.35. The minimum atomic E-state index is -0.392. The van der Waals surface area contributed by atoms with Crippen LogP contribution in [0.15, 0.2) is 36.4 Å². The third kappa shape index (κ3) is 1.87. The molecule has 1 amide bonds. The number of carbonyl (C=O) groups excluding carboxylic acids is 2. The Morgan fingerprint density at radius 1 is 1.20 bits per heavy atom. The number of rotatable bonds is 2. The zero-order valence-corrected chi connectivity index (χ0v) is 11.0. The van der Waals surface area contributed by atoms with E-state index in [2.05, 4.69) is 0 Å². The molecule has 5 heteroatoms. The van der Waals surface area contributed by atoms with Crippen molar-refractivity contribution in [2.75, 3.05) is 25.2 Å².